The molecule has 0 aliphatic rings. The van der Waals surface area contributed by atoms with E-state index in [-0.39, 0.29) is 5.56 Å². The van der Waals surface area contributed by atoms with Crippen LogP contribution in [0.25, 0.3) is 0 Å². The fraction of sp³-hybridized carbons (Fsp3) is 0.692. The van der Waals surface area contributed by atoms with Crippen molar-refractivity contribution in [1.29, 1.82) is 0 Å². The van der Waals surface area contributed by atoms with Gasteiger partial charge < -0.3 is 4.57 Å². The topological polar surface area (TPSA) is 37.8 Å². The largest absolute Gasteiger partial charge is 0.323 e. The number of H-pyrrole nitrogens is 1. The fourth-order valence-corrected chi connectivity index (χ4v) is 3.00. The molecule has 0 amide bonds. The zero-order valence-electron chi connectivity index (χ0n) is 11.0. The van der Waals surface area contributed by atoms with Gasteiger partial charge in [0.15, 0.2) is 4.77 Å². The quantitative estimate of drug-likeness (QED) is 0.336. The number of unbranched alkanes of at least 4 members (excludes halogenated alkanes) is 2. The Morgan fingerprint density at radius 2 is 2.17 bits per heavy atom. The molecule has 0 spiro atoms. The number of halogens is 1. The highest BCUT2D eigenvalue weighted by molar-refractivity contribution is 14.1. The minimum Gasteiger partial charge on any atom is -0.323 e. The molecule has 0 radical (unpaired) electrons. The lowest BCUT2D eigenvalue weighted by Gasteiger charge is -2.13. The van der Waals surface area contributed by atoms with Crippen LogP contribution in [-0.4, -0.2) is 13.5 Å². The van der Waals surface area contributed by atoms with E-state index in [1.165, 1.54) is 25.7 Å². The Kier molecular flexibility index (Phi) is 7.14. The van der Waals surface area contributed by atoms with Crippen LogP contribution in [-0.2, 0) is 6.54 Å². The molecule has 1 rings (SSSR count). The molecule has 0 fully saturated rings. The minimum absolute atomic E-state index is 0.109. The number of rotatable bonds is 7. The Morgan fingerprint density at radius 1 is 1.44 bits per heavy atom. The molecule has 1 N–H and O–H groups in total. The van der Waals surface area contributed by atoms with Gasteiger partial charge in [0.1, 0.15) is 0 Å². The monoisotopic (exact) mass is 380 g/mol. The molecule has 0 aromatic carbocycles. The van der Waals surface area contributed by atoms with E-state index in [4.69, 9.17) is 12.2 Å². The SMILES string of the molecule is CCCCCC(I)CCn1c(C)cc(=O)[nH]c1=S. The fourth-order valence-electron chi connectivity index (χ4n) is 1.94. The number of hydrogen-bond acceptors (Lipinski definition) is 2. The summed E-state index contributed by atoms with van der Waals surface area (Å²) in [6, 6.07) is 1.61. The molecule has 1 atom stereocenters. The summed E-state index contributed by atoms with van der Waals surface area (Å²) in [6.45, 7) is 5.05. The van der Waals surface area contributed by atoms with Crippen LogP contribution in [0, 0.1) is 11.7 Å². The van der Waals surface area contributed by atoms with Gasteiger partial charge in [0.05, 0.1) is 0 Å². The zero-order valence-corrected chi connectivity index (χ0v) is 14.0. The van der Waals surface area contributed by atoms with E-state index < -0.39 is 0 Å². The first-order valence-corrected chi connectivity index (χ1v) is 8.14. The number of alkyl halides is 1. The highest BCUT2D eigenvalue weighted by atomic mass is 127. The lowest BCUT2D eigenvalue weighted by atomic mass is 10.1. The Bertz CT molecular complexity index is 481. The maximum Gasteiger partial charge on any atom is 0.251 e. The van der Waals surface area contributed by atoms with Gasteiger partial charge in [-0.1, -0.05) is 48.8 Å². The summed E-state index contributed by atoms with van der Waals surface area (Å²) >= 11 is 7.71. The van der Waals surface area contributed by atoms with Gasteiger partial charge in [-0.2, -0.15) is 0 Å². The van der Waals surface area contributed by atoms with Crippen LogP contribution >= 0.6 is 34.8 Å². The average molecular weight is 380 g/mol. The summed E-state index contributed by atoms with van der Waals surface area (Å²) in [7, 11) is 0. The van der Waals surface area contributed by atoms with Gasteiger partial charge in [-0.15, -0.1) is 0 Å². The lowest BCUT2D eigenvalue weighted by Crippen LogP contribution is -2.16. The van der Waals surface area contributed by atoms with E-state index in [9.17, 15) is 4.79 Å². The molecule has 3 nitrogen and oxygen atoms in total. The lowest BCUT2D eigenvalue weighted by molar-refractivity contribution is 0.561. The van der Waals surface area contributed by atoms with Gasteiger partial charge in [-0.05, 0) is 32.0 Å². The second kappa shape index (κ2) is 8.09. The minimum atomic E-state index is -0.109. The van der Waals surface area contributed by atoms with Crippen LogP contribution in [0.3, 0.4) is 0 Å². The maximum absolute atomic E-state index is 11.2. The number of nitrogens with zero attached hydrogens (tertiary/aromatic N) is 1. The van der Waals surface area contributed by atoms with Crippen molar-refractivity contribution in [2.24, 2.45) is 0 Å². The highest BCUT2D eigenvalue weighted by Crippen LogP contribution is 2.16. The molecular formula is C13H21IN2OS. The summed E-state index contributed by atoms with van der Waals surface area (Å²) in [5.41, 5.74) is 0.837. The van der Waals surface area contributed by atoms with Crippen LogP contribution in [0.4, 0.5) is 0 Å². The number of nitrogens with one attached hydrogen (secondary N) is 1. The molecule has 0 aliphatic carbocycles. The summed E-state index contributed by atoms with van der Waals surface area (Å²) < 4.78 is 3.24. The Balaban J connectivity index is 2.53. The van der Waals surface area contributed by atoms with Gasteiger partial charge in [0, 0.05) is 22.2 Å². The standard InChI is InChI=1S/C13H21IN2OS/c1-3-4-5-6-11(14)7-8-16-10(2)9-12(17)15-13(16)18/h9,11H,3-8H2,1-2H3,(H,15,17,18). The molecule has 0 aliphatic heterocycles. The Hall–Kier alpha value is -0.170. The molecule has 1 aromatic heterocycles. The first-order chi connectivity index (χ1) is 8.54. The van der Waals surface area contributed by atoms with Gasteiger partial charge in [-0.25, -0.2) is 0 Å². The van der Waals surface area contributed by atoms with Gasteiger partial charge in [0.25, 0.3) is 5.56 Å². The van der Waals surface area contributed by atoms with Crippen LogP contribution in [0.15, 0.2) is 10.9 Å². The normalized spacial score (nSPS) is 12.6. The van der Waals surface area contributed by atoms with Crippen LogP contribution in [0.1, 0.15) is 44.7 Å². The van der Waals surface area contributed by atoms with Crippen molar-refractivity contribution < 1.29 is 0 Å². The van der Waals surface area contributed by atoms with Crippen LogP contribution < -0.4 is 5.56 Å². The molecule has 18 heavy (non-hydrogen) atoms. The van der Waals surface area contributed by atoms with Crippen molar-refractivity contribution >= 4 is 34.8 Å². The predicted octanol–water partition coefficient (Wildman–Crippen LogP) is 3.99. The summed E-state index contributed by atoms with van der Waals surface area (Å²) in [5.74, 6) is 0. The molecule has 1 unspecified atom stereocenters. The van der Waals surface area contributed by atoms with E-state index in [2.05, 4.69) is 34.5 Å². The smallest absolute Gasteiger partial charge is 0.251 e. The van der Waals surface area contributed by atoms with Crippen molar-refractivity contribution in [3.8, 4) is 0 Å². The van der Waals surface area contributed by atoms with Crippen molar-refractivity contribution in [3.05, 3.63) is 26.9 Å². The van der Waals surface area contributed by atoms with Crippen molar-refractivity contribution in [2.45, 2.75) is 56.4 Å². The zero-order chi connectivity index (χ0) is 13.5. The van der Waals surface area contributed by atoms with E-state index in [0.717, 1.165) is 18.7 Å². The molecule has 1 heterocycles. The van der Waals surface area contributed by atoms with E-state index in [1.54, 1.807) is 6.07 Å². The number of hydrogen-bond donors (Lipinski definition) is 1. The van der Waals surface area contributed by atoms with Gasteiger partial charge >= 0.3 is 0 Å². The molecule has 0 bridgehead atoms. The van der Waals surface area contributed by atoms with Crippen LogP contribution in [0.2, 0.25) is 0 Å². The first kappa shape index (κ1) is 15.9. The molecule has 102 valence electrons. The van der Waals surface area contributed by atoms with Crippen molar-refractivity contribution in [3.63, 3.8) is 0 Å². The second-order valence-electron chi connectivity index (χ2n) is 4.61. The molecule has 0 saturated carbocycles. The summed E-state index contributed by atoms with van der Waals surface area (Å²) in [6.07, 6.45) is 6.26. The molecule has 0 saturated heterocycles. The first-order valence-electron chi connectivity index (χ1n) is 6.49. The summed E-state index contributed by atoms with van der Waals surface area (Å²) in [5, 5.41) is 0. The van der Waals surface area contributed by atoms with Gasteiger partial charge in [-0.3, -0.25) is 9.78 Å². The van der Waals surface area contributed by atoms with E-state index in [1.807, 2.05) is 11.5 Å². The maximum atomic E-state index is 11.2. The Morgan fingerprint density at radius 3 is 2.78 bits per heavy atom. The molecule has 1 aromatic rings. The molecular weight excluding hydrogens is 359 g/mol. The third kappa shape index (κ3) is 5.22. The number of aromatic amines is 1. The molecule has 5 heteroatoms. The number of aryl methyl sites for hydroxylation is 1. The van der Waals surface area contributed by atoms with Gasteiger partial charge in [0.2, 0.25) is 0 Å². The van der Waals surface area contributed by atoms with E-state index in [0.29, 0.717) is 8.70 Å². The van der Waals surface area contributed by atoms with Crippen molar-refractivity contribution in [2.75, 3.05) is 0 Å². The van der Waals surface area contributed by atoms with E-state index >= 15 is 0 Å². The third-order valence-electron chi connectivity index (χ3n) is 3.03. The average Bonchev–Trinajstić information content (AvgIpc) is 2.27. The Labute approximate surface area is 127 Å². The van der Waals surface area contributed by atoms with Crippen LogP contribution in [0.5, 0.6) is 0 Å². The summed E-state index contributed by atoms with van der Waals surface area (Å²) in [4.78, 5) is 13.9. The third-order valence-corrected chi connectivity index (χ3v) is 4.60. The predicted molar refractivity (Wildman–Crippen MR) is 87.2 cm³/mol. The second-order valence-corrected chi connectivity index (χ2v) is 6.76. The van der Waals surface area contributed by atoms with Crippen molar-refractivity contribution in [1.82, 2.24) is 9.55 Å². The highest BCUT2D eigenvalue weighted by Gasteiger charge is 2.06. The number of aromatic nitrogens is 2.